The molecular weight excluding hydrogens is 321 g/mol. The Morgan fingerprint density at radius 2 is 1.72 bits per heavy atom. The van der Waals surface area contributed by atoms with Gasteiger partial charge in [0.1, 0.15) is 17.3 Å². The van der Waals surface area contributed by atoms with E-state index in [-0.39, 0.29) is 11.7 Å². The molecule has 0 spiro atoms. The van der Waals surface area contributed by atoms with Crippen LogP contribution in [0.3, 0.4) is 0 Å². The molecule has 2 aromatic rings. The summed E-state index contributed by atoms with van der Waals surface area (Å²) in [5.74, 6) is 1.01. The first-order chi connectivity index (χ1) is 12.1. The minimum Gasteiger partial charge on any atom is -0.497 e. The molecule has 1 N–H and O–H groups in total. The van der Waals surface area contributed by atoms with Gasteiger partial charge in [-0.1, -0.05) is 19.1 Å². The van der Waals surface area contributed by atoms with Gasteiger partial charge < -0.3 is 14.8 Å². The van der Waals surface area contributed by atoms with Crippen molar-refractivity contribution in [3.63, 3.8) is 0 Å². The zero-order valence-corrected chi connectivity index (χ0v) is 14.6. The number of halogens is 1. The molecule has 0 aromatic heterocycles. The van der Waals surface area contributed by atoms with Crippen molar-refractivity contribution < 1.29 is 18.7 Å². The maximum Gasteiger partial charge on any atom is 0.261 e. The molecule has 0 aliphatic rings. The first-order valence-corrected chi connectivity index (χ1v) is 8.45. The molecule has 0 aliphatic carbocycles. The van der Waals surface area contributed by atoms with Gasteiger partial charge in [-0.2, -0.15) is 0 Å². The van der Waals surface area contributed by atoms with E-state index >= 15 is 0 Å². The van der Waals surface area contributed by atoms with Crippen LogP contribution in [-0.2, 0) is 11.2 Å². The molecule has 134 valence electrons. The average Bonchev–Trinajstić information content (AvgIpc) is 2.65. The smallest absolute Gasteiger partial charge is 0.261 e. The highest BCUT2D eigenvalue weighted by Gasteiger charge is 2.17. The second kappa shape index (κ2) is 9.67. The Hall–Kier alpha value is -2.56. The molecule has 1 amide bonds. The van der Waals surface area contributed by atoms with E-state index in [1.165, 1.54) is 12.1 Å². The standard InChI is InChI=1S/C20H24FNO3/c1-3-19(25-18-12-10-17(24-2)11-13-18)20(23)22-14-4-5-15-6-8-16(21)9-7-15/h6-13,19H,3-5,14H2,1-2H3,(H,22,23). The monoisotopic (exact) mass is 345 g/mol. The van der Waals surface area contributed by atoms with Gasteiger partial charge in [0.25, 0.3) is 5.91 Å². The third-order valence-electron chi connectivity index (χ3n) is 3.86. The molecule has 25 heavy (non-hydrogen) atoms. The van der Waals surface area contributed by atoms with E-state index in [1.807, 2.05) is 6.92 Å². The SMILES string of the molecule is CCC(Oc1ccc(OC)cc1)C(=O)NCCCc1ccc(F)cc1. The molecule has 1 unspecified atom stereocenters. The van der Waals surface area contributed by atoms with Crippen molar-refractivity contribution in [1.82, 2.24) is 5.32 Å². The van der Waals surface area contributed by atoms with Crippen LogP contribution in [0.1, 0.15) is 25.3 Å². The lowest BCUT2D eigenvalue weighted by Crippen LogP contribution is -2.38. The van der Waals surface area contributed by atoms with Gasteiger partial charge in [0.15, 0.2) is 6.10 Å². The van der Waals surface area contributed by atoms with Crippen LogP contribution in [0.25, 0.3) is 0 Å². The van der Waals surface area contributed by atoms with Gasteiger partial charge in [-0.05, 0) is 61.2 Å². The van der Waals surface area contributed by atoms with Crippen LogP contribution in [0.5, 0.6) is 11.5 Å². The summed E-state index contributed by atoms with van der Waals surface area (Å²) >= 11 is 0. The summed E-state index contributed by atoms with van der Waals surface area (Å²) in [6, 6.07) is 13.6. The number of rotatable bonds is 9. The van der Waals surface area contributed by atoms with Gasteiger partial charge in [-0.25, -0.2) is 4.39 Å². The molecule has 2 aromatic carbocycles. The fourth-order valence-corrected chi connectivity index (χ4v) is 2.41. The Bertz CT molecular complexity index is 656. The first-order valence-electron chi connectivity index (χ1n) is 8.45. The lowest BCUT2D eigenvalue weighted by atomic mass is 10.1. The number of aryl methyl sites for hydroxylation is 1. The minimum atomic E-state index is -0.529. The number of hydrogen-bond acceptors (Lipinski definition) is 3. The second-order valence-electron chi connectivity index (χ2n) is 5.71. The van der Waals surface area contributed by atoms with Crippen LogP contribution >= 0.6 is 0 Å². The zero-order chi connectivity index (χ0) is 18.1. The van der Waals surface area contributed by atoms with E-state index in [9.17, 15) is 9.18 Å². The van der Waals surface area contributed by atoms with E-state index in [2.05, 4.69) is 5.32 Å². The average molecular weight is 345 g/mol. The third-order valence-corrected chi connectivity index (χ3v) is 3.86. The number of carbonyl (C=O) groups excluding carboxylic acids is 1. The molecule has 2 rings (SSSR count). The van der Waals surface area contributed by atoms with E-state index in [4.69, 9.17) is 9.47 Å². The van der Waals surface area contributed by atoms with E-state index in [0.717, 1.165) is 24.2 Å². The number of ether oxygens (including phenoxy) is 2. The van der Waals surface area contributed by atoms with Crippen molar-refractivity contribution in [2.24, 2.45) is 0 Å². The third kappa shape index (κ3) is 6.10. The summed E-state index contributed by atoms with van der Waals surface area (Å²) in [6.07, 6.45) is 1.63. The highest BCUT2D eigenvalue weighted by molar-refractivity contribution is 5.81. The molecule has 5 heteroatoms. The van der Waals surface area contributed by atoms with Crippen molar-refractivity contribution >= 4 is 5.91 Å². The molecule has 0 saturated carbocycles. The van der Waals surface area contributed by atoms with Gasteiger partial charge in [0, 0.05) is 6.54 Å². The summed E-state index contributed by atoms with van der Waals surface area (Å²) in [6.45, 7) is 2.46. The van der Waals surface area contributed by atoms with Crippen molar-refractivity contribution in [1.29, 1.82) is 0 Å². The fourth-order valence-electron chi connectivity index (χ4n) is 2.41. The van der Waals surface area contributed by atoms with E-state index < -0.39 is 6.10 Å². The van der Waals surface area contributed by atoms with Gasteiger partial charge in [0.2, 0.25) is 0 Å². The molecule has 4 nitrogen and oxygen atoms in total. The van der Waals surface area contributed by atoms with Gasteiger partial charge in [0.05, 0.1) is 7.11 Å². The number of hydrogen-bond donors (Lipinski definition) is 1. The second-order valence-corrected chi connectivity index (χ2v) is 5.71. The van der Waals surface area contributed by atoms with Gasteiger partial charge >= 0.3 is 0 Å². The minimum absolute atomic E-state index is 0.127. The maximum atomic E-state index is 12.9. The van der Waals surface area contributed by atoms with Crippen molar-refractivity contribution in [3.8, 4) is 11.5 Å². The molecule has 0 heterocycles. The summed E-state index contributed by atoms with van der Waals surface area (Å²) in [4.78, 5) is 12.2. The summed E-state index contributed by atoms with van der Waals surface area (Å²) in [5, 5.41) is 2.90. The highest BCUT2D eigenvalue weighted by Crippen LogP contribution is 2.19. The Morgan fingerprint density at radius 1 is 1.08 bits per heavy atom. The quantitative estimate of drug-likeness (QED) is 0.704. The topological polar surface area (TPSA) is 47.6 Å². The van der Waals surface area contributed by atoms with E-state index in [1.54, 1.807) is 43.5 Å². The molecule has 0 fully saturated rings. The first kappa shape index (κ1) is 18.8. The largest absolute Gasteiger partial charge is 0.497 e. The molecule has 0 aliphatic heterocycles. The molecule has 0 saturated heterocycles. The van der Waals surface area contributed by atoms with Crippen LogP contribution in [-0.4, -0.2) is 25.7 Å². The normalized spacial score (nSPS) is 11.6. The maximum absolute atomic E-state index is 12.9. The van der Waals surface area contributed by atoms with Gasteiger partial charge in [-0.15, -0.1) is 0 Å². The predicted molar refractivity (Wildman–Crippen MR) is 95.4 cm³/mol. The number of benzene rings is 2. The Balaban J connectivity index is 1.75. The van der Waals surface area contributed by atoms with Crippen LogP contribution in [0.4, 0.5) is 4.39 Å². The Kier molecular flexibility index (Phi) is 7.26. The van der Waals surface area contributed by atoms with Crippen LogP contribution in [0, 0.1) is 5.82 Å². The van der Waals surface area contributed by atoms with Crippen LogP contribution < -0.4 is 14.8 Å². The van der Waals surface area contributed by atoms with Crippen LogP contribution in [0.2, 0.25) is 0 Å². The predicted octanol–water partition coefficient (Wildman–Crippen LogP) is 3.74. The lowest BCUT2D eigenvalue weighted by molar-refractivity contribution is -0.128. The number of nitrogens with one attached hydrogen (secondary N) is 1. The number of amides is 1. The lowest BCUT2D eigenvalue weighted by Gasteiger charge is -2.17. The van der Waals surface area contributed by atoms with Crippen molar-refractivity contribution in [3.05, 3.63) is 59.9 Å². The van der Waals surface area contributed by atoms with Crippen molar-refractivity contribution in [2.75, 3.05) is 13.7 Å². The zero-order valence-electron chi connectivity index (χ0n) is 14.6. The molecular formula is C20H24FNO3. The van der Waals surface area contributed by atoms with Crippen molar-refractivity contribution in [2.45, 2.75) is 32.3 Å². The van der Waals surface area contributed by atoms with Gasteiger partial charge in [-0.3, -0.25) is 4.79 Å². The Labute approximate surface area is 148 Å². The molecule has 1 atom stereocenters. The summed E-state index contributed by atoms with van der Waals surface area (Å²) in [7, 11) is 1.60. The molecule has 0 radical (unpaired) electrons. The summed E-state index contributed by atoms with van der Waals surface area (Å²) < 4.78 is 23.7. The fraction of sp³-hybridized carbons (Fsp3) is 0.350. The highest BCUT2D eigenvalue weighted by atomic mass is 19.1. The molecule has 0 bridgehead atoms. The summed E-state index contributed by atoms with van der Waals surface area (Å²) in [5.41, 5.74) is 1.05. The number of carbonyl (C=O) groups is 1. The Morgan fingerprint density at radius 3 is 2.32 bits per heavy atom. The van der Waals surface area contributed by atoms with Crippen LogP contribution in [0.15, 0.2) is 48.5 Å². The van der Waals surface area contributed by atoms with E-state index in [0.29, 0.717) is 18.7 Å². The number of methoxy groups -OCH3 is 1.